The fourth-order valence-corrected chi connectivity index (χ4v) is 1.87. The van der Waals surface area contributed by atoms with Gasteiger partial charge in [0.15, 0.2) is 0 Å². The van der Waals surface area contributed by atoms with Crippen molar-refractivity contribution in [3.8, 4) is 0 Å². The standard InChI is InChI=1S/C13H12O4/c1-7-4-8(2)11-10(5-7)17-6-9(12(11)14)13(15)16-3/h4-6H,1-3H3. The van der Waals surface area contributed by atoms with Gasteiger partial charge in [0.25, 0.3) is 0 Å². The zero-order valence-corrected chi connectivity index (χ0v) is 9.87. The maximum absolute atomic E-state index is 12.1. The maximum Gasteiger partial charge on any atom is 0.345 e. The average Bonchev–Trinajstić information content (AvgIpc) is 2.27. The van der Waals surface area contributed by atoms with Crippen LogP contribution in [0.5, 0.6) is 0 Å². The fraction of sp³-hybridized carbons (Fsp3) is 0.231. The lowest BCUT2D eigenvalue weighted by Crippen LogP contribution is -2.16. The summed E-state index contributed by atoms with van der Waals surface area (Å²) in [6.45, 7) is 3.73. The lowest BCUT2D eigenvalue weighted by atomic mass is 10.1. The number of hydrogen-bond acceptors (Lipinski definition) is 4. The number of fused-ring (bicyclic) bond motifs is 1. The van der Waals surface area contributed by atoms with Crippen LogP contribution in [-0.4, -0.2) is 13.1 Å². The van der Waals surface area contributed by atoms with Crippen LogP contribution >= 0.6 is 0 Å². The van der Waals surface area contributed by atoms with Crippen molar-refractivity contribution >= 4 is 16.9 Å². The van der Waals surface area contributed by atoms with E-state index >= 15 is 0 Å². The Hall–Kier alpha value is -2.10. The van der Waals surface area contributed by atoms with Crippen LogP contribution in [-0.2, 0) is 4.74 Å². The van der Waals surface area contributed by atoms with E-state index in [4.69, 9.17) is 4.42 Å². The van der Waals surface area contributed by atoms with Gasteiger partial charge < -0.3 is 9.15 Å². The number of carbonyl (C=O) groups excluding carboxylic acids is 1. The SMILES string of the molecule is COC(=O)c1coc2cc(C)cc(C)c2c1=O. The monoisotopic (exact) mass is 232 g/mol. The average molecular weight is 232 g/mol. The first-order valence-corrected chi connectivity index (χ1v) is 5.15. The summed E-state index contributed by atoms with van der Waals surface area (Å²) in [6, 6.07) is 3.64. The Morgan fingerprint density at radius 3 is 2.65 bits per heavy atom. The van der Waals surface area contributed by atoms with Crippen LogP contribution in [0.1, 0.15) is 21.5 Å². The van der Waals surface area contributed by atoms with Crippen LogP contribution in [0.4, 0.5) is 0 Å². The third-order valence-electron chi connectivity index (χ3n) is 2.62. The Balaban J connectivity index is 2.85. The van der Waals surface area contributed by atoms with E-state index in [-0.39, 0.29) is 11.0 Å². The Labute approximate surface area is 97.8 Å². The van der Waals surface area contributed by atoms with E-state index in [0.717, 1.165) is 17.4 Å². The van der Waals surface area contributed by atoms with Crippen molar-refractivity contribution < 1.29 is 13.9 Å². The summed E-state index contributed by atoms with van der Waals surface area (Å²) in [4.78, 5) is 23.5. The molecule has 2 aromatic rings. The second-order valence-electron chi connectivity index (χ2n) is 3.93. The van der Waals surface area contributed by atoms with Gasteiger partial charge in [0.2, 0.25) is 5.43 Å². The number of carbonyl (C=O) groups is 1. The molecule has 0 N–H and O–H groups in total. The number of hydrogen-bond donors (Lipinski definition) is 0. The molecule has 0 amide bonds. The van der Waals surface area contributed by atoms with Gasteiger partial charge >= 0.3 is 5.97 Å². The van der Waals surface area contributed by atoms with Crippen molar-refractivity contribution in [2.75, 3.05) is 7.11 Å². The Morgan fingerprint density at radius 1 is 1.29 bits per heavy atom. The molecule has 4 nitrogen and oxygen atoms in total. The molecule has 4 heteroatoms. The minimum Gasteiger partial charge on any atom is -0.465 e. The van der Waals surface area contributed by atoms with Gasteiger partial charge in [-0.15, -0.1) is 0 Å². The van der Waals surface area contributed by atoms with Crippen LogP contribution in [0.15, 0.2) is 27.6 Å². The number of esters is 1. The molecule has 0 radical (unpaired) electrons. The minimum absolute atomic E-state index is 0.0769. The molecular weight excluding hydrogens is 220 g/mol. The number of rotatable bonds is 1. The lowest BCUT2D eigenvalue weighted by Gasteiger charge is -2.04. The molecular formula is C13H12O4. The summed E-state index contributed by atoms with van der Waals surface area (Å²) >= 11 is 0. The van der Waals surface area contributed by atoms with Crippen LogP contribution < -0.4 is 5.43 Å². The maximum atomic E-state index is 12.1. The highest BCUT2D eigenvalue weighted by Crippen LogP contribution is 2.18. The van der Waals surface area contributed by atoms with Crippen molar-refractivity contribution in [1.29, 1.82) is 0 Å². The number of ether oxygens (including phenoxy) is 1. The van der Waals surface area contributed by atoms with Gasteiger partial charge in [-0.3, -0.25) is 4.79 Å². The number of methoxy groups -OCH3 is 1. The first-order valence-electron chi connectivity index (χ1n) is 5.15. The first-order chi connectivity index (χ1) is 8.04. The molecule has 1 aromatic heterocycles. The Kier molecular flexibility index (Phi) is 2.71. The van der Waals surface area contributed by atoms with Gasteiger partial charge in [-0.25, -0.2) is 4.79 Å². The van der Waals surface area contributed by atoms with Crippen LogP contribution in [0.25, 0.3) is 11.0 Å². The molecule has 0 saturated heterocycles. The van der Waals surface area contributed by atoms with Crippen molar-refractivity contribution in [3.63, 3.8) is 0 Å². The molecule has 0 saturated carbocycles. The van der Waals surface area contributed by atoms with Gasteiger partial charge in [0.05, 0.1) is 12.5 Å². The summed E-state index contributed by atoms with van der Waals surface area (Å²) in [6.07, 6.45) is 1.15. The van der Waals surface area contributed by atoms with Crippen LogP contribution in [0.2, 0.25) is 0 Å². The van der Waals surface area contributed by atoms with Crippen LogP contribution in [0, 0.1) is 13.8 Å². The van der Waals surface area contributed by atoms with Gasteiger partial charge in [0, 0.05) is 0 Å². The van der Waals surface area contributed by atoms with Gasteiger partial charge in [0.1, 0.15) is 17.4 Å². The summed E-state index contributed by atoms with van der Waals surface area (Å²) in [5, 5.41) is 0.429. The molecule has 0 fully saturated rings. The zero-order chi connectivity index (χ0) is 12.6. The van der Waals surface area contributed by atoms with E-state index in [1.807, 2.05) is 19.9 Å². The molecule has 0 aliphatic heterocycles. The molecule has 0 bridgehead atoms. The van der Waals surface area contributed by atoms with E-state index in [0.29, 0.717) is 11.0 Å². The molecule has 17 heavy (non-hydrogen) atoms. The predicted octanol–water partition coefficient (Wildman–Crippen LogP) is 2.20. The van der Waals surface area contributed by atoms with E-state index < -0.39 is 5.97 Å². The van der Waals surface area contributed by atoms with Crippen molar-refractivity contribution in [3.05, 3.63) is 45.3 Å². The summed E-state index contributed by atoms with van der Waals surface area (Å²) < 4.78 is 9.84. The molecule has 1 aromatic carbocycles. The zero-order valence-electron chi connectivity index (χ0n) is 9.87. The molecule has 0 aliphatic carbocycles. The second kappa shape index (κ2) is 4.05. The van der Waals surface area contributed by atoms with E-state index in [1.54, 1.807) is 6.07 Å². The highest BCUT2D eigenvalue weighted by molar-refractivity contribution is 5.93. The summed E-state index contributed by atoms with van der Waals surface area (Å²) in [7, 11) is 1.23. The van der Waals surface area contributed by atoms with Gasteiger partial charge in [-0.05, 0) is 31.0 Å². The molecule has 2 rings (SSSR count). The molecule has 0 unspecified atom stereocenters. The second-order valence-corrected chi connectivity index (χ2v) is 3.93. The topological polar surface area (TPSA) is 56.5 Å². The molecule has 88 valence electrons. The number of aryl methyl sites for hydroxylation is 2. The Morgan fingerprint density at radius 2 is 2.00 bits per heavy atom. The normalized spacial score (nSPS) is 10.5. The summed E-state index contributed by atoms with van der Waals surface area (Å²) in [5.41, 5.74) is 1.85. The molecule has 0 spiro atoms. The van der Waals surface area contributed by atoms with Gasteiger partial charge in [-0.1, -0.05) is 6.07 Å². The summed E-state index contributed by atoms with van der Waals surface area (Å²) in [5.74, 6) is -0.680. The van der Waals surface area contributed by atoms with E-state index in [9.17, 15) is 9.59 Å². The largest absolute Gasteiger partial charge is 0.465 e. The lowest BCUT2D eigenvalue weighted by molar-refractivity contribution is 0.0597. The van der Waals surface area contributed by atoms with E-state index in [2.05, 4.69) is 4.74 Å². The molecule has 0 atom stereocenters. The smallest absolute Gasteiger partial charge is 0.345 e. The third kappa shape index (κ3) is 1.82. The number of benzene rings is 1. The van der Waals surface area contributed by atoms with E-state index in [1.165, 1.54) is 7.11 Å². The minimum atomic E-state index is -0.680. The van der Waals surface area contributed by atoms with Crippen molar-refractivity contribution in [2.45, 2.75) is 13.8 Å². The predicted molar refractivity (Wildman–Crippen MR) is 63.3 cm³/mol. The first kappa shape index (κ1) is 11.4. The van der Waals surface area contributed by atoms with Crippen molar-refractivity contribution in [1.82, 2.24) is 0 Å². The highest BCUT2D eigenvalue weighted by atomic mass is 16.5. The fourth-order valence-electron chi connectivity index (χ4n) is 1.87. The quantitative estimate of drug-likeness (QED) is 0.707. The van der Waals surface area contributed by atoms with Crippen LogP contribution in [0.3, 0.4) is 0 Å². The highest BCUT2D eigenvalue weighted by Gasteiger charge is 2.16. The Bertz CT molecular complexity index is 652. The third-order valence-corrected chi connectivity index (χ3v) is 2.62. The van der Waals surface area contributed by atoms with Crippen molar-refractivity contribution in [2.24, 2.45) is 0 Å². The molecule has 1 heterocycles. The molecule has 0 aliphatic rings. The van der Waals surface area contributed by atoms with Gasteiger partial charge in [-0.2, -0.15) is 0 Å².